The number of nitrogens with zero attached hydrogens (tertiary/aromatic N) is 4. The lowest BCUT2D eigenvalue weighted by atomic mass is 9.86. The average molecular weight is 380 g/mol. The van der Waals surface area contributed by atoms with Crippen LogP contribution in [0.25, 0.3) is 24.3 Å². The Hall–Kier alpha value is -3.08. The standard InChI is InChI=1S/C23H18N4.CH4.B.H2/c1-22(2)13-20-11-18-6-5-16-9-14-3-4-15-10-17-7-8-19-12-21(22)27(20)23(24(14)15,25(16)18)26(17)19;;;/h3-12H,13H2,1-2H3;1H4;;1H/q+2;;;/t23-;;;/m1.../s1/i;;;1+1. The lowest BCUT2D eigenvalue weighted by Gasteiger charge is -2.38. The van der Waals surface area contributed by atoms with Gasteiger partial charge in [-0.1, -0.05) is 16.6 Å². The topological polar surface area (TPSA) is 15.9 Å². The molecule has 0 amide bonds. The molecule has 0 fully saturated rings. The van der Waals surface area contributed by atoms with Gasteiger partial charge >= 0.3 is 5.91 Å². The number of aromatic nitrogens is 2. The van der Waals surface area contributed by atoms with Crippen molar-refractivity contribution in [3.05, 3.63) is 69.9 Å². The molecule has 4 nitrogen and oxygen atoms in total. The Bertz CT molecular complexity index is 1470. The summed E-state index contributed by atoms with van der Waals surface area (Å²) >= 11 is 0. The summed E-state index contributed by atoms with van der Waals surface area (Å²) in [5.74, 6) is -0.415. The van der Waals surface area contributed by atoms with Crippen LogP contribution in [0.15, 0.2) is 47.8 Å². The molecule has 2 aromatic rings. The van der Waals surface area contributed by atoms with E-state index >= 15 is 0 Å². The van der Waals surface area contributed by atoms with Crippen molar-refractivity contribution in [2.75, 3.05) is 0 Å². The Morgan fingerprint density at radius 2 is 1.59 bits per heavy atom. The molecule has 8 rings (SSSR count). The summed E-state index contributed by atoms with van der Waals surface area (Å²) in [6, 6.07) is 9.10. The predicted octanol–water partition coefficient (Wildman–Crippen LogP) is 2.11. The summed E-state index contributed by atoms with van der Waals surface area (Å²) in [5.41, 5.74) is 8.08. The molecule has 0 saturated carbocycles. The molecule has 29 heavy (non-hydrogen) atoms. The Morgan fingerprint density at radius 1 is 0.862 bits per heavy atom. The number of hydrogen-bond acceptors (Lipinski definition) is 0. The van der Waals surface area contributed by atoms with E-state index in [1.807, 2.05) is 0 Å². The number of rotatable bonds is 0. The minimum Gasteiger partial charge on any atom is -0.199 e. The van der Waals surface area contributed by atoms with Crippen LogP contribution in [0.2, 0.25) is 0 Å². The third kappa shape index (κ3) is 1.45. The lowest BCUT2D eigenvalue weighted by molar-refractivity contribution is -0.836. The Balaban J connectivity index is 0.000000642. The largest absolute Gasteiger partial charge is 0.553 e. The van der Waals surface area contributed by atoms with Crippen molar-refractivity contribution in [2.24, 2.45) is 5.41 Å². The first-order valence-electron chi connectivity index (χ1n) is 9.68. The Morgan fingerprint density at radius 3 is 2.38 bits per heavy atom. The average Bonchev–Trinajstić information content (AvgIpc) is 3.38. The van der Waals surface area contributed by atoms with Gasteiger partial charge in [0.15, 0.2) is 5.71 Å². The van der Waals surface area contributed by atoms with E-state index in [4.69, 9.17) is 0 Å². The zero-order valence-corrected chi connectivity index (χ0v) is 15.8. The molecule has 0 saturated heterocycles. The minimum absolute atomic E-state index is 0. The molecule has 0 N–H and O–H groups in total. The summed E-state index contributed by atoms with van der Waals surface area (Å²) in [7, 11) is 0. The molecule has 141 valence electrons. The van der Waals surface area contributed by atoms with Crippen LogP contribution in [0.1, 0.15) is 40.5 Å². The summed E-state index contributed by atoms with van der Waals surface area (Å²) in [6.45, 7) is 4.76. The highest BCUT2D eigenvalue weighted by Crippen LogP contribution is 2.50. The van der Waals surface area contributed by atoms with E-state index < -0.39 is 5.91 Å². The van der Waals surface area contributed by atoms with Crippen LogP contribution in [0.4, 0.5) is 0 Å². The van der Waals surface area contributed by atoms with Gasteiger partial charge in [0, 0.05) is 52.7 Å². The summed E-state index contributed by atoms with van der Waals surface area (Å²) in [4.78, 5) is 0. The van der Waals surface area contributed by atoms with E-state index in [1.165, 1.54) is 44.9 Å². The first-order chi connectivity index (χ1) is 13.1. The SMILES string of the molecule is C.CC1(C)CC2=[N+]3C1=Cc1ccc4n1[C@@]31n3c(ccc3=C2)=CC2=[N+]1C(=C4)C=C2.[2HH].[B]. The molecule has 0 unspecified atom stereocenters. The van der Waals surface area contributed by atoms with Crippen molar-refractivity contribution in [3.8, 4) is 0 Å². The molecule has 0 bridgehead atoms. The van der Waals surface area contributed by atoms with Gasteiger partial charge in [-0.05, 0) is 38.1 Å². The van der Waals surface area contributed by atoms with Crippen LogP contribution in [-0.2, 0) is 5.91 Å². The molecular formula is C24H24BN4+2. The van der Waals surface area contributed by atoms with Gasteiger partial charge < -0.3 is 0 Å². The molecule has 0 aromatic carbocycles. The lowest BCUT2D eigenvalue weighted by Crippen LogP contribution is -2.69. The molecule has 5 heteroatoms. The van der Waals surface area contributed by atoms with Gasteiger partial charge in [0.2, 0.25) is 17.1 Å². The van der Waals surface area contributed by atoms with Crippen molar-refractivity contribution in [1.82, 2.24) is 9.13 Å². The quantitative estimate of drug-likeness (QED) is 0.492. The van der Waals surface area contributed by atoms with E-state index in [0.29, 0.717) is 0 Å². The maximum absolute atomic E-state index is 2.62. The molecule has 8 heterocycles. The van der Waals surface area contributed by atoms with Crippen molar-refractivity contribution < 1.29 is 10.6 Å². The van der Waals surface area contributed by atoms with Crippen molar-refractivity contribution in [3.63, 3.8) is 0 Å². The van der Waals surface area contributed by atoms with Crippen LogP contribution in [0, 0.1) is 5.41 Å². The molecule has 6 aliphatic rings. The van der Waals surface area contributed by atoms with Crippen LogP contribution in [-0.4, -0.2) is 38.1 Å². The maximum atomic E-state index is 2.62. The van der Waals surface area contributed by atoms with E-state index in [0.717, 1.165) is 6.42 Å². The van der Waals surface area contributed by atoms with Gasteiger partial charge in [0.05, 0.1) is 27.5 Å². The summed E-state index contributed by atoms with van der Waals surface area (Å²) in [6.07, 6.45) is 15.0. The second-order valence-corrected chi connectivity index (χ2v) is 9.01. The van der Waals surface area contributed by atoms with Gasteiger partial charge in [0.25, 0.3) is 0 Å². The second kappa shape index (κ2) is 4.56. The van der Waals surface area contributed by atoms with Gasteiger partial charge in [-0.2, -0.15) is 9.13 Å². The fourth-order valence-electron chi connectivity index (χ4n) is 6.15. The van der Waals surface area contributed by atoms with Gasteiger partial charge in [-0.3, -0.25) is 0 Å². The van der Waals surface area contributed by atoms with E-state index in [9.17, 15) is 0 Å². The first-order valence-corrected chi connectivity index (χ1v) is 9.68. The van der Waals surface area contributed by atoms with Crippen LogP contribution < -0.4 is 10.7 Å². The van der Waals surface area contributed by atoms with Crippen LogP contribution in [0.5, 0.6) is 0 Å². The molecule has 6 aliphatic heterocycles. The molecular weight excluding hydrogens is 355 g/mol. The fraction of sp³-hybridized carbons (Fsp3) is 0.250. The number of allylic oxidation sites excluding steroid dienone is 3. The first kappa shape index (κ1) is 16.8. The van der Waals surface area contributed by atoms with Crippen molar-refractivity contribution >= 4 is 44.1 Å². The molecule has 3 radical (unpaired) electrons. The van der Waals surface area contributed by atoms with Crippen molar-refractivity contribution in [1.29, 1.82) is 0 Å². The highest BCUT2D eigenvalue weighted by atomic mass is 15.6. The molecule has 2 aromatic heterocycles. The normalized spacial score (nSPS) is 26.6. The third-order valence-corrected chi connectivity index (χ3v) is 7.06. The Labute approximate surface area is 173 Å². The zero-order chi connectivity index (χ0) is 17.7. The highest BCUT2D eigenvalue weighted by molar-refractivity contribution is 6.16. The van der Waals surface area contributed by atoms with E-state index in [-0.39, 0.29) is 22.7 Å². The number of hydrogen-bond donors (Lipinski definition) is 0. The van der Waals surface area contributed by atoms with Crippen LogP contribution >= 0.6 is 0 Å². The zero-order valence-electron chi connectivity index (χ0n) is 15.8. The predicted molar refractivity (Wildman–Crippen MR) is 119 cm³/mol. The third-order valence-electron chi connectivity index (χ3n) is 7.06. The van der Waals surface area contributed by atoms with Gasteiger partial charge in [-0.15, -0.1) is 0 Å². The van der Waals surface area contributed by atoms with Gasteiger partial charge in [0.1, 0.15) is 0 Å². The molecule has 1 atom stereocenters. The Kier molecular flexibility index (Phi) is 2.65. The highest BCUT2D eigenvalue weighted by Gasteiger charge is 2.71. The summed E-state index contributed by atoms with van der Waals surface area (Å²) < 4.78 is 10.2. The molecule has 1 spiro atoms. The minimum atomic E-state index is -0.415. The van der Waals surface area contributed by atoms with Crippen LogP contribution in [0.3, 0.4) is 0 Å². The van der Waals surface area contributed by atoms with E-state index in [2.05, 4.69) is 92.9 Å². The monoisotopic (exact) mass is 380 g/mol. The fourth-order valence-corrected chi connectivity index (χ4v) is 6.15. The summed E-state index contributed by atoms with van der Waals surface area (Å²) in [5, 5.41) is 2.57. The van der Waals surface area contributed by atoms with Crippen molar-refractivity contribution in [2.45, 2.75) is 33.6 Å². The second-order valence-electron chi connectivity index (χ2n) is 9.01. The molecule has 0 aliphatic carbocycles. The maximum Gasteiger partial charge on any atom is 0.553 e. The van der Waals surface area contributed by atoms with Gasteiger partial charge in [-0.25, -0.2) is 0 Å². The van der Waals surface area contributed by atoms with E-state index in [1.54, 1.807) is 0 Å². The smallest absolute Gasteiger partial charge is 0.199 e.